The molecular formula is C17H27BO3S. The first-order chi connectivity index (χ1) is 10.5. The number of sulfone groups is 1. The summed E-state index contributed by atoms with van der Waals surface area (Å²) in [5, 5.41) is 0. The van der Waals surface area contributed by atoms with E-state index < -0.39 is 9.84 Å². The van der Waals surface area contributed by atoms with Gasteiger partial charge in [0, 0.05) is 6.26 Å². The number of hydrogen-bond acceptors (Lipinski definition) is 3. The molecular weight excluding hydrogens is 295 g/mol. The van der Waals surface area contributed by atoms with Crippen LogP contribution >= 0.6 is 0 Å². The maximum absolute atomic E-state index is 11.9. The van der Waals surface area contributed by atoms with Crippen molar-refractivity contribution in [3.05, 3.63) is 18.2 Å². The fourth-order valence-electron chi connectivity index (χ4n) is 2.85. The molecule has 0 bridgehead atoms. The van der Waals surface area contributed by atoms with Crippen molar-refractivity contribution >= 4 is 22.0 Å². The van der Waals surface area contributed by atoms with Crippen LogP contribution in [0, 0.1) is 5.92 Å². The van der Waals surface area contributed by atoms with Crippen molar-refractivity contribution in [3.8, 4) is 5.75 Å². The van der Waals surface area contributed by atoms with Crippen LogP contribution in [-0.2, 0) is 9.84 Å². The molecule has 0 heterocycles. The van der Waals surface area contributed by atoms with Gasteiger partial charge in [0.25, 0.3) is 0 Å². The molecule has 22 heavy (non-hydrogen) atoms. The smallest absolute Gasteiger partial charge is 0.180 e. The first-order valence-corrected chi connectivity index (χ1v) is 10.3. The Morgan fingerprint density at radius 3 is 2.32 bits per heavy atom. The molecule has 0 spiro atoms. The van der Waals surface area contributed by atoms with Crippen LogP contribution in [0.4, 0.5) is 0 Å². The predicted octanol–water partition coefficient (Wildman–Crippen LogP) is 3.40. The Hall–Kier alpha value is -0.965. The summed E-state index contributed by atoms with van der Waals surface area (Å²) in [6.45, 7) is 5.49. The molecule has 1 aliphatic rings. The molecule has 0 saturated heterocycles. The molecule has 0 unspecified atom stereocenters. The fraction of sp³-hybridized carbons (Fsp3) is 0.647. The van der Waals surface area contributed by atoms with E-state index in [1.807, 2.05) is 12.1 Å². The van der Waals surface area contributed by atoms with Crippen molar-refractivity contribution in [2.24, 2.45) is 5.92 Å². The Kier molecular flexibility index (Phi) is 5.96. The van der Waals surface area contributed by atoms with E-state index in [2.05, 4.69) is 13.8 Å². The second-order valence-corrected chi connectivity index (χ2v) is 8.52. The summed E-state index contributed by atoms with van der Waals surface area (Å²) in [6, 6.07) is 5.37. The summed E-state index contributed by atoms with van der Waals surface area (Å²) in [4.78, 5) is 0.401. The topological polar surface area (TPSA) is 43.4 Å². The van der Waals surface area contributed by atoms with E-state index in [0.29, 0.717) is 17.5 Å². The van der Waals surface area contributed by atoms with Crippen LogP contribution in [0.15, 0.2) is 23.1 Å². The number of rotatable bonds is 9. The van der Waals surface area contributed by atoms with Crippen LogP contribution in [0.2, 0.25) is 12.6 Å². The highest BCUT2D eigenvalue weighted by Crippen LogP contribution is 2.29. The van der Waals surface area contributed by atoms with Crippen LogP contribution in [-0.4, -0.2) is 28.0 Å². The quantitative estimate of drug-likeness (QED) is 0.655. The molecule has 2 rings (SSSR count). The zero-order chi connectivity index (χ0) is 16.2. The van der Waals surface area contributed by atoms with Gasteiger partial charge in [-0.05, 0) is 42.4 Å². The van der Waals surface area contributed by atoms with Crippen LogP contribution in [0.3, 0.4) is 0 Å². The van der Waals surface area contributed by atoms with Gasteiger partial charge in [-0.25, -0.2) is 8.42 Å². The second kappa shape index (κ2) is 7.54. The summed E-state index contributed by atoms with van der Waals surface area (Å²) >= 11 is 0. The van der Waals surface area contributed by atoms with Gasteiger partial charge in [0.2, 0.25) is 0 Å². The Morgan fingerprint density at radius 2 is 1.82 bits per heavy atom. The maximum Gasteiger partial charge on any atom is 0.180 e. The number of benzene rings is 1. The minimum Gasteiger partial charge on any atom is -0.494 e. The molecule has 0 atom stereocenters. The average molecular weight is 322 g/mol. The second-order valence-electron chi connectivity index (χ2n) is 6.50. The zero-order valence-electron chi connectivity index (χ0n) is 14.0. The normalized spacial score (nSPS) is 14.9. The van der Waals surface area contributed by atoms with Gasteiger partial charge >= 0.3 is 0 Å². The van der Waals surface area contributed by atoms with E-state index in [1.165, 1.54) is 19.1 Å². The summed E-state index contributed by atoms with van der Waals surface area (Å²) in [5.74, 6) is 1.57. The lowest BCUT2D eigenvalue weighted by Crippen LogP contribution is -2.32. The predicted molar refractivity (Wildman–Crippen MR) is 93.4 cm³/mol. The Morgan fingerprint density at radius 1 is 1.18 bits per heavy atom. The van der Waals surface area contributed by atoms with Gasteiger partial charge in [-0.1, -0.05) is 39.3 Å². The molecule has 0 radical (unpaired) electrons. The van der Waals surface area contributed by atoms with Gasteiger partial charge < -0.3 is 4.74 Å². The lowest BCUT2D eigenvalue weighted by atomic mass is 9.39. The van der Waals surface area contributed by atoms with Crippen molar-refractivity contribution in [2.75, 3.05) is 12.9 Å². The Bertz CT molecular complexity index is 588. The molecule has 1 fully saturated rings. The van der Waals surface area contributed by atoms with Gasteiger partial charge in [-0.2, -0.15) is 0 Å². The highest BCUT2D eigenvalue weighted by Gasteiger charge is 2.25. The van der Waals surface area contributed by atoms with Crippen LogP contribution < -0.4 is 10.2 Å². The first-order valence-electron chi connectivity index (χ1n) is 8.42. The third-order valence-electron chi connectivity index (χ3n) is 4.29. The lowest BCUT2D eigenvalue weighted by Gasteiger charge is -2.18. The van der Waals surface area contributed by atoms with E-state index in [-0.39, 0.29) is 0 Å². The van der Waals surface area contributed by atoms with Crippen molar-refractivity contribution in [2.45, 2.75) is 57.1 Å². The third kappa shape index (κ3) is 4.77. The molecule has 122 valence electrons. The minimum absolute atomic E-state index is 0.380. The maximum atomic E-state index is 11.9. The summed E-state index contributed by atoms with van der Waals surface area (Å²) in [7, 11) is -3.18. The zero-order valence-corrected chi connectivity index (χ0v) is 14.8. The van der Waals surface area contributed by atoms with E-state index >= 15 is 0 Å². The van der Waals surface area contributed by atoms with E-state index in [4.69, 9.17) is 4.74 Å². The van der Waals surface area contributed by atoms with Crippen molar-refractivity contribution < 1.29 is 13.2 Å². The molecule has 1 aromatic rings. The van der Waals surface area contributed by atoms with E-state index in [0.717, 1.165) is 43.3 Å². The van der Waals surface area contributed by atoms with Crippen LogP contribution in [0.5, 0.6) is 5.75 Å². The SMILES string of the molecule is CCCB(CCC)c1cc(S(C)(=O)=O)ccc1OCC1CC1. The van der Waals surface area contributed by atoms with Crippen LogP contribution in [0.1, 0.15) is 39.5 Å². The van der Waals surface area contributed by atoms with Gasteiger partial charge in [0.1, 0.15) is 5.75 Å². The molecule has 0 amide bonds. The Labute approximate surface area is 135 Å². The average Bonchev–Trinajstić information content (AvgIpc) is 3.28. The highest BCUT2D eigenvalue weighted by atomic mass is 32.2. The standard InChI is InChI=1S/C17H27BO3S/c1-4-10-18(11-5-2)16-12-15(22(3,19)20)8-9-17(16)21-13-14-6-7-14/h8-9,12,14H,4-7,10-11,13H2,1-3H3. The van der Waals surface area contributed by atoms with Crippen molar-refractivity contribution in [1.82, 2.24) is 0 Å². The largest absolute Gasteiger partial charge is 0.494 e. The summed E-state index contributed by atoms with van der Waals surface area (Å²) in [5.41, 5.74) is 1.08. The van der Waals surface area contributed by atoms with Gasteiger partial charge in [-0.15, -0.1) is 0 Å². The monoisotopic (exact) mass is 322 g/mol. The Balaban J connectivity index is 2.33. The summed E-state index contributed by atoms with van der Waals surface area (Å²) < 4.78 is 29.7. The highest BCUT2D eigenvalue weighted by molar-refractivity contribution is 7.90. The van der Waals surface area contributed by atoms with E-state index in [1.54, 1.807) is 6.07 Å². The molecule has 1 aliphatic carbocycles. The molecule has 0 N–H and O–H groups in total. The van der Waals surface area contributed by atoms with E-state index in [9.17, 15) is 8.42 Å². The molecule has 3 nitrogen and oxygen atoms in total. The van der Waals surface area contributed by atoms with Gasteiger partial charge in [0.05, 0.1) is 11.5 Å². The van der Waals surface area contributed by atoms with Crippen molar-refractivity contribution in [3.63, 3.8) is 0 Å². The lowest BCUT2D eigenvalue weighted by molar-refractivity contribution is 0.302. The third-order valence-corrected chi connectivity index (χ3v) is 5.41. The molecule has 1 aromatic carbocycles. The molecule has 5 heteroatoms. The molecule has 0 aromatic heterocycles. The molecule has 0 aliphatic heterocycles. The first kappa shape index (κ1) is 17.4. The summed E-state index contributed by atoms with van der Waals surface area (Å²) in [6.07, 6.45) is 8.10. The number of ether oxygens (including phenoxy) is 1. The van der Waals surface area contributed by atoms with Crippen molar-refractivity contribution in [1.29, 1.82) is 0 Å². The minimum atomic E-state index is -3.18. The number of hydrogen-bond donors (Lipinski definition) is 0. The van der Waals surface area contributed by atoms with Gasteiger partial charge in [-0.3, -0.25) is 0 Å². The fourth-order valence-corrected chi connectivity index (χ4v) is 3.51. The molecule has 1 saturated carbocycles. The van der Waals surface area contributed by atoms with Gasteiger partial charge in [0.15, 0.2) is 16.6 Å². The van der Waals surface area contributed by atoms with Crippen LogP contribution in [0.25, 0.3) is 0 Å².